The summed E-state index contributed by atoms with van der Waals surface area (Å²) in [6.45, 7) is 0.454. The molecule has 0 amide bonds. The summed E-state index contributed by atoms with van der Waals surface area (Å²) in [4.78, 5) is 11.5. The minimum atomic E-state index is -3.72. The van der Waals surface area contributed by atoms with Crippen molar-refractivity contribution in [2.75, 3.05) is 13.7 Å². The Labute approximate surface area is 141 Å². The molecule has 6 nitrogen and oxygen atoms in total. The van der Waals surface area contributed by atoms with Gasteiger partial charge in [0.1, 0.15) is 0 Å². The number of sulfonamides is 1. The Morgan fingerprint density at radius 3 is 2.70 bits per heavy atom. The maximum Gasteiger partial charge on any atom is 0.339 e. The lowest BCUT2D eigenvalue weighted by molar-refractivity contribution is 0.0601. The van der Waals surface area contributed by atoms with Crippen LogP contribution in [0.1, 0.15) is 36.0 Å². The fourth-order valence-electron chi connectivity index (χ4n) is 2.85. The molecule has 0 radical (unpaired) electrons. The van der Waals surface area contributed by atoms with E-state index in [9.17, 15) is 13.2 Å². The van der Waals surface area contributed by atoms with Crippen molar-refractivity contribution in [2.45, 2.75) is 36.6 Å². The van der Waals surface area contributed by atoms with Gasteiger partial charge in [0.2, 0.25) is 10.0 Å². The number of halogens is 1. The summed E-state index contributed by atoms with van der Waals surface area (Å²) in [6, 6.07) is 3.79. The van der Waals surface area contributed by atoms with Crippen molar-refractivity contribution < 1.29 is 17.9 Å². The van der Waals surface area contributed by atoms with Gasteiger partial charge in [-0.2, -0.15) is 0 Å². The van der Waals surface area contributed by atoms with E-state index < -0.39 is 16.0 Å². The molecule has 128 valence electrons. The van der Waals surface area contributed by atoms with Crippen molar-refractivity contribution in [1.29, 1.82) is 0 Å². The maximum absolute atomic E-state index is 12.5. The van der Waals surface area contributed by atoms with Crippen molar-refractivity contribution in [3.05, 3.63) is 28.8 Å². The minimum Gasteiger partial charge on any atom is -0.465 e. The summed E-state index contributed by atoms with van der Waals surface area (Å²) >= 11 is 5.99. The van der Waals surface area contributed by atoms with Gasteiger partial charge in [0.15, 0.2) is 0 Å². The SMILES string of the molecule is COC(=O)c1ccc(S(=O)(=O)N[C@H]2CCCC[C@@H]2CN)cc1Cl. The first-order valence-electron chi connectivity index (χ1n) is 7.49. The van der Waals surface area contributed by atoms with Gasteiger partial charge < -0.3 is 10.5 Å². The molecule has 0 aliphatic heterocycles. The lowest BCUT2D eigenvalue weighted by Gasteiger charge is -2.31. The molecule has 1 aliphatic carbocycles. The maximum atomic E-state index is 12.5. The van der Waals surface area contributed by atoms with Crippen LogP contribution < -0.4 is 10.5 Å². The number of carbonyl (C=O) groups is 1. The van der Waals surface area contributed by atoms with Crippen LogP contribution in [0.2, 0.25) is 5.02 Å². The molecule has 0 aromatic heterocycles. The average molecular weight is 361 g/mol. The third kappa shape index (κ3) is 4.23. The van der Waals surface area contributed by atoms with Crippen molar-refractivity contribution >= 4 is 27.6 Å². The Kier molecular flexibility index (Phi) is 6.02. The van der Waals surface area contributed by atoms with E-state index in [0.29, 0.717) is 6.54 Å². The number of methoxy groups -OCH3 is 1. The monoisotopic (exact) mass is 360 g/mol. The standard InChI is InChI=1S/C15H21ClN2O4S/c1-22-15(19)12-7-6-11(8-13(12)16)23(20,21)18-14-5-3-2-4-10(14)9-17/h6-8,10,14,18H,2-5,9,17H2,1H3/t10-,14+/m1/s1. The number of nitrogens with one attached hydrogen (secondary N) is 1. The fraction of sp³-hybridized carbons (Fsp3) is 0.533. The molecule has 2 atom stereocenters. The van der Waals surface area contributed by atoms with Crippen LogP contribution in [0.4, 0.5) is 0 Å². The zero-order valence-electron chi connectivity index (χ0n) is 12.9. The first-order chi connectivity index (χ1) is 10.9. The molecular weight excluding hydrogens is 340 g/mol. The highest BCUT2D eigenvalue weighted by molar-refractivity contribution is 7.89. The molecule has 8 heteroatoms. The van der Waals surface area contributed by atoms with Crippen LogP contribution in [0.25, 0.3) is 0 Å². The van der Waals surface area contributed by atoms with E-state index in [1.165, 1.54) is 25.3 Å². The highest BCUT2D eigenvalue weighted by atomic mass is 35.5. The summed E-state index contributed by atoms with van der Waals surface area (Å²) in [6.07, 6.45) is 3.74. The Morgan fingerprint density at radius 2 is 2.09 bits per heavy atom. The topological polar surface area (TPSA) is 98.5 Å². The molecule has 0 spiro atoms. The van der Waals surface area contributed by atoms with Crippen molar-refractivity contribution in [2.24, 2.45) is 11.7 Å². The summed E-state index contributed by atoms with van der Waals surface area (Å²) in [5, 5.41) is 0.0405. The first kappa shape index (κ1) is 18.2. The molecule has 2 rings (SSSR count). The van der Waals surface area contributed by atoms with Crippen LogP contribution in [0.5, 0.6) is 0 Å². The highest BCUT2D eigenvalue weighted by Crippen LogP contribution is 2.26. The third-order valence-corrected chi connectivity index (χ3v) is 5.97. The van der Waals surface area contributed by atoms with E-state index in [1.807, 2.05) is 0 Å². The molecule has 0 saturated heterocycles. The zero-order chi connectivity index (χ0) is 17.0. The average Bonchev–Trinajstić information content (AvgIpc) is 2.54. The third-order valence-electron chi connectivity index (χ3n) is 4.17. The number of benzene rings is 1. The number of esters is 1. The summed E-state index contributed by atoms with van der Waals surface area (Å²) in [7, 11) is -2.48. The fourth-order valence-corrected chi connectivity index (χ4v) is 4.54. The van der Waals surface area contributed by atoms with Crippen LogP contribution in [-0.4, -0.2) is 34.1 Å². The highest BCUT2D eigenvalue weighted by Gasteiger charge is 2.29. The largest absolute Gasteiger partial charge is 0.465 e. The number of rotatable bonds is 5. The van der Waals surface area contributed by atoms with E-state index in [0.717, 1.165) is 25.7 Å². The molecule has 23 heavy (non-hydrogen) atoms. The Balaban J connectivity index is 2.22. The van der Waals surface area contributed by atoms with Crippen LogP contribution >= 0.6 is 11.6 Å². The van der Waals surface area contributed by atoms with E-state index in [1.54, 1.807) is 0 Å². The zero-order valence-corrected chi connectivity index (χ0v) is 14.5. The van der Waals surface area contributed by atoms with Crippen LogP contribution in [-0.2, 0) is 14.8 Å². The summed E-state index contributed by atoms with van der Waals surface area (Å²) < 4.78 is 32.4. The Morgan fingerprint density at radius 1 is 1.39 bits per heavy atom. The minimum absolute atomic E-state index is 0.0245. The molecule has 1 aromatic carbocycles. The predicted molar refractivity (Wildman–Crippen MR) is 87.9 cm³/mol. The summed E-state index contributed by atoms with van der Waals surface area (Å²) in [5.74, 6) is -0.467. The van der Waals surface area contributed by atoms with E-state index in [2.05, 4.69) is 9.46 Å². The molecule has 0 heterocycles. The van der Waals surface area contributed by atoms with Gasteiger partial charge in [0, 0.05) is 6.04 Å². The van der Waals surface area contributed by atoms with Crippen LogP contribution in [0.15, 0.2) is 23.1 Å². The van der Waals surface area contributed by atoms with E-state index in [4.69, 9.17) is 17.3 Å². The quantitative estimate of drug-likeness (QED) is 0.781. The lowest BCUT2D eigenvalue weighted by Crippen LogP contribution is -2.44. The molecule has 1 saturated carbocycles. The number of nitrogens with two attached hydrogens (primary N) is 1. The van der Waals surface area contributed by atoms with Gasteiger partial charge in [-0.15, -0.1) is 0 Å². The van der Waals surface area contributed by atoms with Gasteiger partial charge in [0.05, 0.1) is 22.6 Å². The molecular formula is C15H21ClN2O4S. The van der Waals surface area contributed by atoms with Gasteiger partial charge in [-0.1, -0.05) is 24.4 Å². The second kappa shape index (κ2) is 7.61. The second-order valence-electron chi connectivity index (χ2n) is 5.64. The van der Waals surface area contributed by atoms with Crippen LogP contribution in [0.3, 0.4) is 0 Å². The smallest absolute Gasteiger partial charge is 0.339 e. The number of hydrogen-bond acceptors (Lipinski definition) is 5. The van der Waals surface area contributed by atoms with E-state index in [-0.39, 0.29) is 27.4 Å². The van der Waals surface area contributed by atoms with Crippen molar-refractivity contribution in [3.63, 3.8) is 0 Å². The molecule has 3 N–H and O–H groups in total. The molecule has 1 fully saturated rings. The second-order valence-corrected chi connectivity index (χ2v) is 7.76. The Hall–Kier alpha value is -1.15. The summed E-state index contributed by atoms with van der Waals surface area (Å²) in [5.41, 5.74) is 5.87. The molecule has 0 unspecified atom stereocenters. The molecule has 1 aromatic rings. The molecule has 0 bridgehead atoms. The first-order valence-corrected chi connectivity index (χ1v) is 9.35. The van der Waals surface area contributed by atoms with Gasteiger partial charge in [-0.05, 0) is 43.5 Å². The molecule has 1 aliphatic rings. The number of carbonyl (C=O) groups excluding carboxylic acids is 1. The normalized spacial score (nSPS) is 21.9. The van der Waals surface area contributed by atoms with Gasteiger partial charge in [-0.3, -0.25) is 0 Å². The number of hydrogen-bond donors (Lipinski definition) is 2. The van der Waals surface area contributed by atoms with Gasteiger partial charge in [-0.25, -0.2) is 17.9 Å². The van der Waals surface area contributed by atoms with E-state index >= 15 is 0 Å². The van der Waals surface area contributed by atoms with Crippen molar-refractivity contribution in [3.8, 4) is 0 Å². The number of ether oxygens (including phenoxy) is 1. The Bertz CT molecular complexity index is 678. The lowest BCUT2D eigenvalue weighted by atomic mass is 9.85. The van der Waals surface area contributed by atoms with Gasteiger partial charge in [0.25, 0.3) is 0 Å². The predicted octanol–water partition coefficient (Wildman–Crippen LogP) is 1.92. The van der Waals surface area contributed by atoms with Gasteiger partial charge >= 0.3 is 5.97 Å². The van der Waals surface area contributed by atoms with Crippen molar-refractivity contribution in [1.82, 2.24) is 4.72 Å². The van der Waals surface area contributed by atoms with Crippen LogP contribution in [0, 0.1) is 5.92 Å².